The zero-order chi connectivity index (χ0) is 24.4. The molecule has 0 bridgehead atoms. The maximum absolute atomic E-state index is 10.1. The first-order valence-electron chi connectivity index (χ1n) is 13.9. The van der Waals surface area contributed by atoms with Crippen molar-refractivity contribution in [2.75, 3.05) is 0 Å². The van der Waals surface area contributed by atoms with Crippen LogP contribution < -0.4 is 4.74 Å². The van der Waals surface area contributed by atoms with Gasteiger partial charge in [0.15, 0.2) is 0 Å². The smallest absolute Gasteiger partial charge is 0.142 e. The van der Waals surface area contributed by atoms with E-state index in [-0.39, 0.29) is 6.10 Å². The molecule has 3 nitrogen and oxygen atoms in total. The molecule has 2 aromatic rings. The van der Waals surface area contributed by atoms with E-state index in [2.05, 4.69) is 56.3 Å². The molecule has 0 N–H and O–H groups in total. The van der Waals surface area contributed by atoms with Crippen LogP contribution in [-0.2, 0) is 12.8 Å². The lowest BCUT2D eigenvalue weighted by Crippen LogP contribution is -2.34. The summed E-state index contributed by atoms with van der Waals surface area (Å²) in [5.74, 6) is 3.06. The van der Waals surface area contributed by atoms with Crippen LogP contribution in [0.25, 0.3) is 0 Å². The summed E-state index contributed by atoms with van der Waals surface area (Å²) in [5.41, 5.74) is 6.14. The average molecular weight is 467 g/mol. The monoisotopic (exact) mass is 466 g/mol. The highest BCUT2D eigenvalue weighted by Gasteiger charge is 2.34. The van der Waals surface area contributed by atoms with E-state index in [9.17, 15) is 10.5 Å². The molecule has 35 heavy (non-hydrogen) atoms. The van der Waals surface area contributed by atoms with Gasteiger partial charge >= 0.3 is 0 Å². The Hall–Kier alpha value is -2.78. The van der Waals surface area contributed by atoms with Crippen LogP contribution in [0.2, 0.25) is 0 Å². The number of benzene rings is 2. The molecule has 1 heterocycles. The first-order chi connectivity index (χ1) is 17.1. The molecule has 2 aromatic carbocycles. The minimum Gasteiger partial charge on any atom is -0.488 e. The van der Waals surface area contributed by atoms with Crippen LogP contribution in [0.15, 0.2) is 30.3 Å². The minimum absolute atomic E-state index is 0.189. The number of hydrogen-bond donors (Lipinski definition) is 0. The van der Waals surface area contributed by atoms with Gasteiger partial charge in [-0.25, -0.2) is 0 Å². The summed E-state index contributed by atoms with van der Waals surface area (Å²) >= 11 is 0. The van der Waals surface area contributed by atoms with Crippen molar-refractivity contribution in [3.63, 3.8) is 0 Å². The predicted octanol–water partition coefficient (Wildman–Crippen LogP) is 7.95. The quantitative estimate of drug-likeness (QED) is 0.459. The standard InChI is InChI=1S/C32H38N2O/c1-3-22-6-10-23(11-7-22)24-12-14-25(15-13-24)28-18-27-16-17-31(26-8-4-21(2)5-9-26)35-32(27)30(20-34)29(28)19-33/h6-7,10-11,18,21,24-26,31H,3-5,8-9,12-17H2,1-2H3. The molecular weight excluding hydrogens is 428 g/mol. The zero-order valence-electron chi connectivity index (χ0n) is 21.4. The van der Waals surface area contributed by atoms with Crippen LogP contribution in [0, 0.1) is 34.5 Å². The summed E-state index contributed by atoms with van der Waals surface area (Å²) in [5, 5.41) is 20.2. The van der Waals surface area contributed by atoms with Gasteiger partial charge in [0, 0.05) is 0 Å². The van der Waals surface area contributed by atoms with Crippen LogP contribution in [0.4, 0.5) is 0 Å². The summed E-state index contributed by atoms with van der Waals surface area (Å²) < 4.78 is 6.53. The van der Waals surface area contributed by atoms with Crippen molar-refractivity contribution in [3.8, 4) is 17.9 Å². The van der Waals surface area contributed by atoms with Gasteiger partial charge in [0.25, 0.3) is 0 Å². The van der Waals surface area contributed by atoms with Crippen molar-refractivity contribution >= 4 is 0 Å². The molecule has 2 fully saturated rings. The fraction of sp³-hybridized carbons (Fsp3) is 0.562. The van der Waals surface area contributed by atoms with Crippen LogP contribution in [0.3, 0.4) is 0 Å². The van der Waals surface area contributed by atoms with Crippen LogP contribution in [0.5, 0.6) is 5.75 Å². The second-order valence-electron chi connectivity index (χ2n) is 11.3. The summed E-state index contributed by atoms with van der Waals surface area (Å²) in [6, 6.07) is 16.2. The molecule has 1 aliphatic heterocycles. The van der Waals surface area contributed by atoms with E-state index in [1.807, 2.05) is 0 Å². The Kier molecular flexibility index (Phi) is 7.15. The number of nitriles is 2. The molecule has 1 unspecified atom stereocenters. The van der Waals surface area contributed by atoms with Crippen LogP contribution in [-0.4, -0.2) is 6.10 Å². The molecule has 3 heteroatoms. The molecule has 1 atom stereocenters. The van der Waals surface area contributed by atoms with Gasteiger partial charge in [-0.2, -0.15) is 10.5 Å². The van der Waals surface area contributed by atoms with Gasteiger partial charge in [-0.15, -0.1) is 0 Å². The zero-order valence-corrected chi connectivity index (χ0v) is 21.4. The molecule has 2 aliphatic carbocycles. The fourth-order valence-electron chi connectivity index (χ4n) is 6.87. The van der Waals surface area contributed by atoms with E-state index in [1.54, 1.807) is 0 Å². The highest BCUT2D eigenvalue weighted by atomic mass is 16.5. The highest BCUT2D eigenvalue weighted by molar-refractivity contribution is 5.62. The Balaban J connectivity index is 1.34. The largest absolute Gasteiger partial charge is 0.488 e. The van der Waals surface area contributed by atoms with E-state index in [0.29, 0.717) is 34.6 Å². The maximum atomic E-state index is 10.1. The molecular formula is C32H38N2O. The van der Waals surface area contributed by atoms with Crippen LogP contribution in [0.1, 0.15) is 117 Å². The molecule has 0 spiro atoms. The lowest BCUT2D eigenvalue weighted by molar-refractivity contribution is 0.0787. The van der Waals surface area contributed by atoms with Gasteiger partial charge in [-0.3, -0.25) is 0 Å². The number of hydrogen-bond acceptors (Lipinski definition) is 3. The lowest BCUT2D eigenvalue weighted by atomic mass is 9.73. The van der Waals surface area contributed by atoms with Gasteiger partial charge < -0.3 is 4.74 Å². The molecule has 5 rings (SSSR count). The lowest BCUT2D eigenvalue weighted by Gasteiger charge is -2.37. The first kappa shape index (κ1) is 23.9. The molecule has 0 aromatic heterocycles. The van der Waals surface area contributed by atoms with Gasteiger partial charge in [0.1, 0.15) is 29.6 Å². The second-order valence-corrected chi connectivity index (χ2v) is 11.3. The summed E-state index contributed by atoms with van der Waals surface area (Å²) in [6.45, 7) is 4.54. The minimum atomic E-state index is 0.189. The van der Waals surface area contributed by atoms with Crippen LogP contribution >= 0.6 is 0 Å². The van der Waals surface area contributed by atoms with Crippen molar-refractivity contribution in [2.24, 2.45) is 11.8 Å². The predicted molar refractivity (Wildman–Crippen MR) is 140 cm³/mol. The van der Waals surface area contributed by atoms with Gasteiger partial charge in [0.2, 0.25) is 0 Å². The van der Waals surface area contributed by atoms with Crippen molar-refractivity contribution < 1.29 is 4.74 Å². The Morgan fingerprint density at radius 1 is 0.829 bits per heavy atom. The normalized spacial score (nSPS) is 28.3. The van der Waals surface area contributed by atoms with Crippen molar-refractivity contribution in [3.05, 3.63) is 63.7 Å². The second kappa shape index (κ2) is 10.5. The third-order valence-electron chi connectivity index (χ3n) is 9.19. The Morgan fingerprint density at radius 3 is 2.11 bits per heavy atom. The topological polar surface area (TPSA) is 56.8 Å². The first-order valence-corrected chi connectivity index (χ1v) is 13.9. The molecule has 3 aliphatic rings. The Bertz CT molecular complexity index is 1120. The highest BCUT2D eigenvalue weighted by Crippen LogP contribution is 2.46. The summed E-state index contributed by atoms with van der Waals surface area (Å²) in [7, 11) is 0. The number of ether oxygens (including phenoxy) is 1. The number of nitrogens with zero attached hydrogens (tertiary/aromatic N) is 2. The van der Waals surface area contributed by atoms with E-state index in [0.717, 1.165) is 62.0 Å². The Labute approximate surface area is 211 Å². The van der Waals surface area contributed by atoms with Gasteiger partial charge in [0.05, 0.1) is 5.56 Å². The van der Waals surface area contributed by atoms with Crippen molar-refractivity contribution in [1.29, 1.82) is 10.5 Å². The maximum Gasteiger partial charge on any atom is 0.142 e. The van der Waals surface area contributed by atoms with E-state index in [4.69, 9.17) is 4.74 Å². The van der Waals surface area contributed by atoms with E-state index < -0.39 is 0 Å². The molecule has 0 amide bonds. The number of rotatable bonds is 4. The van der Waals surface area contributed by atoms with Crippen molar-refractivity contribution in [2.45, 2.75) is 102 Å². The summed E-state index contributed by atoms with van der Waals surface area (Å²) in [4.78, 5) is 0. The SMILES string of the molecule is CCc1ccc(C2CCC(c3cc4c(c(C#N)c3C#N)OC(C3CCC(C)CC3)CC4)CC2)cc1. The molecule has 2 saturated carbocycles. The molecule has 182 valence electrons. The van der Waals surface area contributed by atoms with E-state index >= 15 is 0 Å². The number of fused-ring (bicyclic) bond motifs is 1. The van der Waals surface area contributed by atoms with E-state index in [1.165, 1.54) is 36.8 Å². The molecule has 0 radical (unpaired) electrons. The summed E-state index contributed by atoms with van der Waals surface area (Å²) in [6.07, 6.45) is 12.7. The van der Waals surface area contributed by atoms with Crippen molar-refractivity contribution in [1.82, 2.24) is 0 Å². The third kappa shape index (κ3) is 4.84. The number of aryl methyl sites for hydroxylation is 2. The van der Waals surface area contributed by atoms with Gasteiger partial charge in [-0.1, -0.05) is 57.0 Å². The Morgan fingerprint density at radius 2 is 1.49 bits per heavy atom. The third-order valence-corrected chi connectivity index (χ3v) is 9.19. The molecule has 0 saturated heterocycles. The average Bonchev–Trinajstić information content (AvgIpc) is 2.92. The fourth-order valence-corrected chi connectivity index (χ4v) is 6.87. The van der Waals surface area contributed by atoms with Gasteiger partial charge in [-0.05, 0) is 104 Å².